The van der Waals surface area contributed by atoms with Crippen molar-refractivity contribution in [3.05, 3.63) is 67.7 Å². The van der Waals surface area contributed by atoms with Gasteiger partial charge in [0, 0.05) is 30.1 Å². The number of rotatable bonds is 4. The number of H-pyrrole nitrogens is 2. The van der Waals surface area contributed by atoms with Crippen LogP contribution in [0.1, 0.15) is 11.4 Å². The van der Waals surface area contributed by atoms with Crippen LogP contribution in [0.25, 0.3) is 28.1 Å². The van der Waals surface area contributed by atoms with Gasteiger partial charge in [-0.05, 0) is 30.7 Å². The van der Waals surface area contributed by atoms with Gasteiger partial charge in [-0.1, -0.05) is 11.6 Å². The summed E-state index contributed by atoms with van der Waals surface area (Å²) in [5.74, 6) is 0.999. The van der Waals surface area contributed by atoms with Gasteiger partial charge in [0.1, 0.15) is 6.61 Å². The molecule has 9 nitrogen and oxygen atoms in total. The van der Waals surface area contributed by atoms with Crippen LogP contribution >= 0.6 is 11.6 Å². The van der Waals surface area contributed by atoms with Crippen LogP contribution in [0.5, 0.6) is 0 Å². The first-order valence-corrected chi connectivity index (χ1v) is 8.68. The molecule has 10 heteroatoms. The van der Waals surface area contributed by atoms with Gasteiger partial charge in [-0.3, -0.25) is 19.1 Å². The molecule has 0 unspecified atom stereocenters. The second kappa shape index (κ2) is 7.02. The number of aromatic nitrogens is 6. The van der Waals surface area contributed by atoms with E-state index in [-0.39, 0.29) is 6.61 Å². The maximum absolute atomic E-state index is 12.0. The lowest BCUT2D eigenvalue weighted by Crippen LogP contribution is -2.29. The van der Waals surface area contributed by atoms with Crippen LogP contribution in [0.3, 0.4) is 0 Å². The van der Waals surface area contributed by atoms with Gasteiger partial charge in [0.25, 0.3) is 0 Å². The van der Waals surface area contributed by atoms with Gasteiger partial charge < -0.3 is 14.7 Å². The lowest BCUT2D eigenvalue weighted by Gasteiger charge is -2.16. The molecule has 3 heterocycles. The highest BCUT2D eigenvalue weighted by molar-refractivity contribution is 6.32. The van der Waals surface area contributed by atoms with Crippen LogP contribution in [-0.4, -0.2) is 36.8 Å². The highest BCUT2D eigenvalue weighted by atomic mass is 35.5. The Hall–Kier alpha value is -3.30. The van der Waals surface area contributed by atoms with Crippen molar-refractivity contribution in [2.75, 3.05) is 7.11 Å². The predicted octanol–water partition coefficient (Wildman–Crippen LogP) is 1.97. The Kier molecular flexibility index (Phi) is 4.54. The minimum Gasteiger partial charge on any atom is -0.377 e. The fraction of sp³-hybridized carbons (Fsp3) is 0.167. The molecule has 0 bridgehead atoms. The van der Waals surface area contributed by atoms with Crippen molar-refractivity contribution in [2.24, 2.45) is 0 Å². The number of hydrogen-bond donors (Lipinski definition) is 2. The zero-order valence-corrected chi connectivity index (χ0v) is 15.7. The number of pyridine rings is 1. The quantitative estimate of drug-likeness (QED) is 0.507. The van der Waals surface area contributed by atoms with Gasteiger partial charge in [-0.2, -0.15) is 0 Å². The largest absolute Gasteiger partial charge is 0.377 e. The molecule has 0 atom stereocenters. The topological polar surface area (TPSA) is 119 Å². The molecular weight excluding hydrogens is 384 g/mol. The van der Waals surface area contributed by atoms with Crippen LogP contribution < -0.4 is 11.1 Å². The summed E-state index contributed by atoms with van der Waals surface area (Å²) in [7, 11) is 1.55. The molecule has 0 spiro atoms. The zero-order chi connectivity index (χ0) is 19.8. The summed E-state index contributed by atoms with van der Waals surface area (Å²) in [6.07, 6.45) is 3.31. The molecule has 4 aromatic rings. The highest BCUT2D eigenvalue weighted by Gasteiger charge is 2.21. The molecule has 1 aromatic carbocycles. The first kappa shape index (κ1) is 18.1. The van der Waals surface area contributed by atoms with E-state index in [9.17, 15) is 9.59 Å². The van der Waals surface area contributed by atoms with E-state index in [1.54, 1.807) is 36.2 Å². The Morgan fingerprint density at radius 2 is 2.00 bits per heavy atom. The Morgan fingerprint density at radius 1 is 1.21 bits per heavy atom. The lowest BCUT2D eigenvalue weighted by atomic mass is 10.1. The van der Waals surface area contributed by atoms with Gasteiger partial charge in [0.15, 0.2) is 11.6 Å². The molecule has 28 heavy (non-hydrogen) atoms. The molecule has 0 amide bonds. The number of nitrogens with zero attached hydrogens (tertiary/aromatic N) is 4. The maximum atomic E-state index is 12.0. The molecule has 0 aliphatic rings. The normalized spacial score (nSPS) is 11.2. The standard InChI is InChI=1S/C18H15ClN6O3/c1-9-11(19)6-12-14(22-18(27)17(26)21-12)15(9)25-13(8-28-2)23-24-16(25)10-4-3-5-20-7-10/h3-7H,8H2,1-2H3,(H,21,26)(H,22,27). The van der Waals surface area contributed by atoms with Crippen LogP contribution in [0.15, 0.2) is 40.2 Å². The van der Waals surface area contributed by atoms with Crippen LogP contribution in [-0.2, 0) is 11.3 Å². The third kappa shape index (κ3) is 2.90. The number of fused-ring (bicyclic) bond motifs is 1. The van der Waals surface area contributed by atoms with Crippen molar-refractivity contribution in [1.82, 2.24) is 29.7 Å². The van der Waals surface area contributed by atoms with Gasteiger partial charge in [-0.15, -0.1) is 10.2 Å². The molecule has 142 valence electrons. The molecule has 0 saturated heterocycles. The van der Waals surface area contributed by atoms with Gasteiger partial charge in [0.05, 0.1) is 16.7 Å². The smallest absolute Gasteiger partial charge is 0.314 e. The number of methoxy groups -OCH3 is 1. The van der Waals surface area contributed by atoms with Crippen molar-refractivity contribution < 1.29 is 4.74 Å². The van der Waals surface area contributed by atoms with Crippen molar-refractivity contribution in [2.45, 2.75) is 13.5 Å². The average Bonchev–Trinajstić information content (AvgIpc) is 3.09. The van der Waals surface area contributed by atoms with Crippen molar-refractivity contribution >= 4 is 22.6 Å². The predicted molar refractivity (Wildman–Crippen MR) is 104 cm³/mol. The molecule has 0 aliphatic heterocycles. The highest BCUT2D eigenvalue weighted by Crippen LogP contribution is 2.32. The van der Waals surface area contributed by atoms with E-state index < -0.39 is 11.1 Å². The van der Waals surface area contributed by atoms with Gasteiger partial charge in [0.2, 0.25) is 0 Å². The number of ether oxygens (including phenoxy) is 1. The van der Waals surface area contributed by atoms with Crippen molar-refractivity contribution in [3.8, 4) is 17.1 Å². The third-order valence-electron chi connectivity index (χ3n) is 4.33. The van der Waals surface area contributed by atoms with Crippen LogP contribution in [0, 0.1) is 6.92 Å². The second-order valence-electron chi connectivity index (χ2n) is 6.11. The summed E-state index contributed by atoms with van der Waals surface area (Å²) >= 11 is 6.42. The lowest BCUT2D eigenvalue weighted by molar-refractivity contribution is 0.176. The number of hydrogen-bond acceptors (Lipinski definition) is 6. The van der Waals surface area contributed by atoms with E-state index in [4.69, 9.17) is 16.3 Å². The maximum Gasteiger partial charge on any atom is 0.314 e. The first-order valence-electron chi connectivity index (χ1n) is 8.30. The van der Waals surface area contributed by atoms with E-state index in [0.717, 1.165) is 5.56 Å². The molecule has 0 fully saturated rings. The van der Waals surface area contributed by atoms with Crippen LogP contribution in [0.2, 0.25) is 5.02 Å². The Morgan fingerprint density at radius 3 is 2.71 bits per heavy atom. The van der Waals surface area contributed by atoms with Crippen LogP contribution in [0.4, 0.5) is 0 Å². The summed E-state index contributed by atoms with van der Waals surface area (Å²) in [6, 6.07) is 5.22. The minimum atomic E-state index is -0.764. The molecule has 0 saturated carbocycles. The number of halogens is 1. The molecular formula is C18H15ClN6O3. The van der Waals surface area contributed by atoms with E-state index in [2.05, 4.69) is 25.1 Å². The molecule has 0 aliphatic carbocycles. The number of benzene rings is 1. The van der Waals surface area contributed by atoms with Crippen molar-refractivity contribution in [3.63, 3.8) is 0 Å². The summed E-state index contributed by atoms with van der Waals surface area (Å²) in [5, 5.41) is 8.93. The Labute approximate surface area is 163 Å². The fourth-order valence-corrected chi connectivity index (χ4v) is 3.24. The zero-order valence-electron chi connectivity index (χ0n) is 15.0. The first-order chi connectivity index (χ1) is 13.5. The SMILES string of the molecule is COCc1nnc(-c2cccnc2)n1-c1c(C)c(Cl)cc2[nH]c(=O)c(=O)[nH]c12. The van der Waals surface area contributed by atoms with E-state index in [0.29, 0.717) is 39.0 Å². The van der Waals surface area contributed by atoms with Gasteiger partial charge >= 0.3 is 11.1 Å². The van der Waals surface area contributed by atoms with E-state index >= 15 is 0 Å². The molecule has 2 N–H and O–H groups in total. The number of aromatic amines is 2. The summed E-state index contributed by atoms with van der Waals surface area (Å²) < 4.78 is 7.01. The Balaban J connectivity index is 2.15. The summed E-state index contributed by atoms with van der Waals surface area (Å²) in [5.41, 5.74) is 1.23. The van der Waals surface area contributed by atoms with Crippen molar-refractivity contribution in [1.29, 1.82) is 0 Å². The fourth-order valence-electron chi connectivity index (χ4n) is 3.05. The second-order valence-corrected chi connectivity index (χ2v) is 6.52. The molecule has 3 aromatic heterocycles. The molecule has 4 rings (SSSR count). The minimum absolute atomic E-state index is 0.175. The monoisotopic (exact) mass is 398 g/mol. The van der Waals surface area contributed by atoms with E-state index in [1.165, 1.54) is 0 Å². The summed E-state index contributed by atoms with van der Waals surface area (Å²) in [6.45, 7) is 1.98. The third-order valence-corrected chi connectivity index (χ3v) is 4.72. The molecule has 0 radical (unpaired) electrons. The average molecular weight is 399 g/mol. The number of nitrogens with one attached hydrogen (secondary N) is 2. The van der Waals surface area contributed by atoms with E-state index in [1.807, 2.05) is 13.0 Å². The summed E-state index contributed by atoms with van der Waals surface area (Å²) in [4.78, 5) is 33.1. The van der Waals surface area contributed by atoms with Gasteiger partial charge in [-0.25, -0.2) is 0 Å². The Bertz CT molecular complexity index is 1290.